The summed E-state index contributed by atoms with van der Waals surface area (Å²) in [6.45, 7) is 2.78. The number of benzene rings is 1. The predicted molar refractivity (Wildman–Crippen MR) is 98.2 cm³/mol. The molecule has 1 aliphatic heterocycles. The lowest BCUT2D eigenvalue weighted by Gasteiger charge is -2.35. The Morgan fingerprint density at radius 3 is 2.04 bits per heavy atom. The minimum atomic E-state index is -4.21. The van der Waals surface area contributed by atoms with Gasteiger partial charge in [-0.15, -0.1) is 24.8 Å². The number of ether oxygens (including phenoxy) is 2. The van der Waals surface area contributed by atoms with E-state index < -0.39 is 18.6 Å². The van der Waals surface area contributed by atoms with Crippen LogP contribution in [0.3, 0.4) is 0 Å². The molecule has 0 aliphatic carbocycles. The molecule has 0 unspecified atom stereocenters. The molecule has 1 aromatic rings. The summed E-state index contributed by atoms with van der Waals surface area (Å²) < 4.78 is 48.5. The van der Waals surface area contributed by atoms with Crippen LogP contribution in [-0.2, 0) is 0 Å². The summed E-state index contributed by atoms with van der Waals surface area (Å²) in [5.41, 5.74) is 0.646. The number of phenolic OH excluding ortho intramolecular Hbond substituents is 1. The third-order valence-electron chi connectivity index (χ3n) is 4.18. The molecule has 26 heavy (non-hydrogen) atoms. The van der Waals surface area contributed by atoms with Gasteiger partial charge in [-0.2, -0.15) is 13.2 Å². The number of halogens is 5. The fourth-order valence-corrected chi connectivity index (χ4v) is 2.96. The maximum Gasteiger partial charge on any atom is 0.389 e. The lowest BCUT2D eigenvalue weighted by Crippen LogP contribution is -2.45. The van der Waals surface area contributed by atoms with Crippen LogP contribution in [0.5, 0.6) is 17.2 Å². The molecule has 0 spiro atoms. The predicted octanol–water partition coefficient (Wildman–Crippen LogP) is 3.54. The Kier molecular flexibility index (Phi) is 10.5. The Hall–Kier alpha value is -1.09. The molecule has 2 N–H and O–H groups in total. The molecule has 1 aliphatic rings. The number of hydrogen-bond donors (Lipinski definition) is 2. The first-order valence-corrected chi connectivity index (χ1v) is 7.82. The van der Waals surface area contributed by atoms with Crippen molar-refractivity contribution in [2.24, 2.45) is 0 Å². The molecule has 10 heteroatoms. The zero-order chi connectivity index (χ0) is 17.7. The van der Waals surface area contributed by atoms with Gasteiger partial charge in [-0.3, -0.25) is 4.90 Å². The number of nitrogens with zero attached hydrogens (tertiary/aromatic N) is 1. The van der Waals surface area contributed by atoms with Crippen LogP contribution in [0.25, 0.3) is 0 Å². The van der Waals surface area contributed by atoms with E-state index in [0.29, 0.717) is 18.7 Å². The molecule has 0 saturated carbocycles. The first-order valence-electron chi connectivity index (χ1n) is 7.82. The average molecular weight is 421 g/mol. The van der Waals surface area contributed by atoms with Crippen molar-refractivity contribution in [2.45, 2.75) is 25.1 Å². The smallest absolute Gasteiger partial charge is 0.389 e. The standard InChI is InChI=1S/C16H23F3N2O3.2ClH/c1-23-13-9-11(10-14(24-2)15(13)22)12(3-4-16(17,18)19)21-7-5-20-6-8-21;;/h9-10,12,20,22H,3-8H2,1-2H3;2*1H/t12-;;/m1../s1. The van der Waals surface area contributed by atoms with Gasteiger partial charge in [-0.25, -0.2) is 0 Å². The normalized spacial score (nSPS) is 16.2. The van der Waals surface area contributed by atoms with Crippen molar-refractivity contribution in [3.05, 3.63) is 17.7 Å². The van der Waals surface area contributed by atoms with E-state index in [2.05, 4.69) is 5.32 Å². The zero-order valence-corrected chi connectivity index (χ0v) is 16.3. The highest BCUT2D eigenvalue weighted by atomic mass is 35.5. The van der Waals surface area contributed by atoms with Gasteiger partial charge < -0.3 is 19.9 Å². The Balaban J connectivity index is 0.00000312. The van der Waals surface area contributed by atoms with Gasteiger partial charge in [0, 0.05) is 38.6 Å². The van der Waals surface area contributed by atoms with E-state index in [1.54, 1.807) is 12.1 Å². The third kappa shape index (κ3) is 6.57. The van der Waals surface area contributed by atoms with Crippen LogP contribution < -0.4 is 14.8 Å². The molecule has 1 saturated heterocycles. The number of nitrogens with one attached hydrogen (secondary N) is 1. The summed E-state index contributed by atoms with van der Waals surface area (Å²) in [5.74, 6) is 0.228. The van der Waals surface area contributed by atoms with Crippen LogP contribution in [0.15, 0.2) is 12.1 Å². The van der Waals surface area contributed by atoms with Crippen molar-refractivity contribution in [3.63, 3.8) is 0 Å². The van der Waals surface area contributed by atoms with Crippen LogP contribution >= 0.6 is 24.8 Å². The van der Waals surface area contributed by atoms with Crippen LogP contribution in [-0.4, -0.2) is 56.6 Å². The number of aromatic hydroxyl groups is 1. The molecule has 1 aromatic carbocycles. The highest BCUT2D eigenvalue weighted by Gasteiger charge is 2.32. The fraction of sp³-hybridized carbons (Fsp3) is 0.625. The van der Waals surface area contributed by atoms with E-state index in [-0.39, 0.29) is 48.5 Å². The Bertz CT molecular complexity index is 531. The van der Waals surface area contributed by atoms with E-state index in [1.165, 1.54) is 14.2 Å². The zero-order valence-electron chi connectivity index (χ0n) is 14.6. The second-order valence-corrected chi connectivity index (χ2v) is 5.73. The molecule has 0 amide bonds. The van der Waals surface area contributed by atoms with E-state index in [0.717, 1.165) is 13.1 Å². The third-order valence-corrected chi connectivity index (χ3v) is 4.18. The summed E-state index contributed by atoms with van der Waals surface area (Å²) in [7, 11) is 2.79. The molecule has 152 valence electrons. The Morgan fingerprint density at radius 1 is 1.12 bits per heavy atom. The number of hydrogen-bond acceptors (Lipinski definition) is 5. The van der Waals surface area contributed by atoms with E-state index in [9.17, 15) is 18.3 Å². The van der Waals surface area contributed by atoms with Gasteiger partial charge >= 0.3 is 6.18 Å². The molecule has 1 heterocycles. The van der Waals surface area contributed by atoms with Gasteiger partial charge in [-0.05, 0) is 24.1 Å². The van der Waals surface area contributed by atoms with Crippen LogP contribution in [0.1, 0.15) is 24.4 Å². The first-order chi connectivity index (χ1) is 11.4. The summed E-state index contributed by atoms with van der Waals surface area (Å²) in [6, 6.07) is 2.75. The second-order valence-electron chi connectivity index (χ2n) is 5.73. The Labute approximate surface area is 163 Å². The summed E-state index contributed by atoms with van der Waals surface area (Å²) in [4.78, 5) is 2.02. The molecular weight excluding hydrogens is 396 g/mol. The van der Waals surface area contributed by atoms with Crippen molar-refractivity contribution >= 4 is 24.8 Å². The van der Waals surface area contributed by atoms with Crippen molar-refractivity contribution in [1.82, 2.24) is 10.2 Å². The maximum atomic E-state index is 12.7. The molecular formula is C16H25Cl2F3N2O3. The van der Waals surface area contributed by atoms with Crippen LogP contribution in [0.4, 0.5) is 13.2 Å². The molecule has 0 radical (unpaired) electrons. The average Bonchev–Trinajstić information content (AvgIpc) is 2.56. The maximum absolute atomic E-state index is 12.7. The lowest BCUT2D eigenvalue weighted by molar-refractivity contribution is -0.138. The number of methoxy groups -OCH3 is 2. The molecule has 0 bridgehead atoms. The van der Waals surface area contributed by atoms with Gasteiger partial charge in [-0.1, -0.05) is 0 Å². The fourth-order valence-electron chi connectivity index (χ4n) is 2.96. The summed E-state index contributed by atoms with van der Waals surface area (Å²) >= 11 is 0. The molecule has 1 atom stereocenters. The summed E-state index contributed by atoms with van der Waals surface area (Å²) in [5, 5.41) is 13.2. The number of phenols is 1. The van der Waals surface area contributed by atoms with Gasteiger partial charge in [0.1, 0.15) is 0 Å². The molecule has 5 nitrogen and oxygen atoms in total. The van der Waals surface area contributed by atoms with Crippen molar-refractivity contribution in [3.8, 4) is 17.2 Å². The van der Waals surface area contributed by atoms with Crippen LogP contribution in [0.2, 0.25) is 0 Å². The molecule has 2 rings (SSSR count). The summed E-state index contributed by atoms with van der Waals surface area (Å²) in [6.07, 6.45) is -5.13. The quantitative estimate of drug-likeness (QED) is 0.736. The molecule has 1 fully saturated rings. The molecule has 0 aromatic heterocycles. The number of alkyl halides is 3. The SMILES string of the molecule is COc1cc([C@@H](CCC(F)(F)F)N2CCNCC2)cc(OC)c1O.Cl.Cl. The second kappa shape index (κ2) is 10.9. The van der Waals surface area contributed by atoms with E-state index in [1.807, 2.05) is 4.90 Å². The van der Waals surface area contributed by atoms with Gasteiger partial charge in [0.05, 0.1) is 14.2 Å². The number of piperazine rings is 1. The number of rotatable bonds is 6. The van der Waals surface area contributed by atoms with Gasteiger partial charge in [0.15, 0.2) is 11.5 Å². The Morgan fingerprint density at radius 2 is 1.62 bits per heavy atom. The first kappa shape index (κ1) is 24.9. The van der Waals surface area contributed by atoms with Crippen molar-refractivity contribution in [1.29, 1.82) is 0 Å². The largest absolute Gasteiger partial charge is 0.502 e. The topological polar surface area (TPSA) is 54.0 Å². The minimum absolute atomic E-state index is 0. The lowest BCUT2D eigenvalue weighted by atomic mass is 9.98. The highest BCUT2D eigenvalue weighted by molar-refractivity contribution is 5.85. The van der Waals surface area contributed by atoms with Crippen molar-refractivity contribution in [2.75, 3.05) is 40.4 Å². The van der Waals surface area contributed by atoms with E-state index in [4.69, 9.17) is 9.47 Å². The van der Waals surface area contributed by atoms with Gasteiger partial charge in [0.25, 0.3) is 0 Å². The van der Waals surface area contributed by atoms with Crippen molar-refractivity contribution < 1.29 is 27.8 Å². The highest BCUT2D eigenvalue weighted by Crippen LogP contribution is 2.41. The monoisotopic (exact) mass is 420 g/mol. The van der Waals surface area contributed by atoms with E-state index >= 15 is 0 Å². The minimum Gasteiger partial charge on any atom is -0.502 e. The van der Waals surface area contributed by atoms with Gasteiger partial charge in [0.2, 0.25) is 5.75 Å². The van der Waals surface area contributed by atoms with Crippen LogP contribution in [0, 0.1) is 0 Å².